The van der Waals surface area contributed by atoms with Crippen LogP contribution in [0.2, 0.25) is 0 Å². The van der Waals surface area contributed by atoms with Crippen molar-refractivity contribution >= 4 is 5.91 Å². The predicted molar refractivity (Wildman–Crippen MR) is 49.4 cm³/mol. The van der Waals surface area contributed by atoms with Gasteiger partial charge in [-0.1, -0.05) is 27.7 Å². The molecule has 0 rings (SSSR count). The fraction of sp³-hybridized carbons (Fsp3) is 0.889. The van der Waals surface area contributed by atoms with E-state index in [1.54, 1.807) is 7.05 Å². The normalized spacial score (nSPS) is 11.8. The molecule has 68 valence electrons. The Kier molecular flexibility index (Phi) is 3.56. The second-order valence-electron chi connectivity index (χ2n) is 3.99. The minimum Gasteiger partial charge on any atom is -0.359 e. The van der Waals surface area contributed by atoms with Crippen LogP contribution in [0.5, 0.6) is 0 Å². The zero-order valence-electron chi connectivity index (χ0n) is 8.19. The highest BCUT2D eigenvalue weighted by Crippen LogP contribution is 2.29. The van der Waals surface area contributed by atoms with Crippen LogP contribution in [0.3, 0.4) is 0 Å². The second-order valence-corrected chi connectivity index (χ2v) is 3.99. The molecule has 0 saturated heterocycles. The lowest BCUT2D eigenvalue weighted by Crippen LogP contribution is -2.29. The second kappa shape index (κ2) is 3.74. The molecule has 0 aliphatic heterocycles. The monoisotopic (exact) mass is 159 g/mol. The highest BCUT2D eigenvalue weighted by molar-refractivity contribution is 5.76. The van der Waals surface area contributed by atoms with E-state index in [2.05, 4.69) is 33.0 Å². The maximum atomic E-state index is 11.0. The Labute approximate surface area is 70.9 Å². The molecule has 0 aromatic heterocycles. The Balaban J connectivity index is 0. The fourth-order valence-electron chi connectivity index (χ4n) is 0.706. The van der Waals surface area contributed by atoms with E-state index in [9.17, 15) is 4.79 Å². The van der Waals surface area contributed by atoms with Gasteiger partial charge in [0.15, 0.2) is 0 Å². The SMILES string of the molecule is CNC(=O)CC(C)(C)C(C)C.[HH]. The van der Waals surface area contributed by atoms with Gasteiger partial charge in [0.25, 0.3) is 0 Å². The van der Waals surface area contributed by atoms with Crippen LogP contribution in [-0.4, -0.2) is 13.0 Å². The van der Waals surface area contributed by atoms with Crippen molar-refractivity contribution in [2.24, 2.45) is 11.3 Å². The van der Waals surface area contributed by atoms with Gasteiger partial charge >= 0.3 is 0 Å². The van der Waals surface area contributed by atoms with E-state index in [1.165, 1.54) is 0 Å². The first kappa shape index (κ1) is 10.5. The zero-order chi connectivity index (χ0) is 9.07. The predicted octanol–water partition coefficient (Wildman–Crippen LogP) is 2.05. The summed E-state index contributed by atoms with van der Waals surface area (Å²) >= 11 is 0. The molecule has 0 saturated carbocycles. The van der Waals surface area contributed by atoms with E-state index in [0.717, 1.165) is 0 Å². The van der Waals surface area contributed by atoms with Crippen LogP contribution >= 0.6 is 0 Å². The number of carbonyl (C=O) groups is 1. The molecular formula is C9H21NO. The fourth-order valence-corrected chi connectivity index (χ4v) is 0.706. The number of hydrogen-bond acceptors (Lipinski definition) is 1. The van der Waals surface area contributed by atoms with Gasteiger partial charge in [0, 0.05) is 14.9 Å². The van der Waals surface area contributed by atoms with Crippen LogP contribution in [0.1, 0.15) is 35.5 Å². The lowest BCUT2D eigenvalue weighted by molar-refractivity contribution is -0.123. The minimum absolute atomic E-state index is 0. The topological polar surface area (TPSA) is 29.1 Å². The summed E-state index contributed by atoms with van der Waals surface area (Å²) in [5, 5.41) is 2.64. The van der Waals surface area contributed by atoms with Crippen molar-refractivity contribution in [1.29, 1.82) is 0 Å². The van der Waals surface area contributed by atoms with Crippen molar-refractivity contribution in [2.45, 2.75) is 34.1 Å². The molecule has 2 nitrogen and oxygen atoms in total. The zero-order valence-corrected chi connectivity index (χ0v) is 8.19. The van der Waals surface area contributed by atoms with Gasteiger partial charge in [-0.25, -0.2) is 0 Å². The summed E-state index contributed by atoms with van der Waals surface area (Å²) in [6, 6.07) is 0. The highest BCUT2D eigenvalue weighted by Gasteiger charge is 2.24. The average Bonchev–Trinajstić information content (AvgIpc) is 1.86. The van der Waals surface area contributed by atoms with Crippen molar-refractivity contribution in [2.75, 3.05) is 7.05 Å². The third kappa shape index (κ3) is 3.40. The van der Waals surface area contributed by atoms with Crippen LogP contribution in [0.25, 0.3) is 0 Å². The molecule has 0 unspecified atom stereocenters. The molecule has 0 atom stereocenters. The molecular weight excluding hydrogens is 138 g/mol. The lowest BCUT2D eigenvalue weighted by Gasteiger charge is -2.27. The maximum Gasteiger partial charge on any atom is 0.220 e. The molecule has 0 heterocycles. The molecule has 0 bridgehead atoms. The third-order valence-electron chi connectivity index (χ3n) is 2.46. The molecule has 0 spiro atoms. The van der Waals surface area contributed by atoms with E-state index >= 15 is 0 Å². The Bertz CT molecular complexity index is 143. The average molecular weight is 159 g/mol. The van der Waals surface area contributed by atoms with Gasteiger partial charge in [-0.05, 0) is 11.3 Å². The molecule has 0 aliphatic carbocycles. The Morgan fingerprint density at radius 3 is 2.27 bits per heavy atom. The smallest absolute Gasteiger partial charge is 0.220 e. The van der Waals surface area contributed by atoms with Gasteiger partial charge in [-0.3, -0.25) is 4.79 Å². The van der Waals surface area contributed by atoms with Crippen molar-refractivity contribution < 1.29 is 6.22 Å². The van der Waals surface area contributed by atoms with Crippen LogP contribution in [0, 0.1) is 11.3 Å². The van der Waals surface area contributed by atoms with Gasteiger partial charge in [0.05, 0.1) is 0 Å². The van der Waals surface area contributed by atoms with Crippen molar-refractivity contribution in [1.82, 2.24) is 5.32 Å². The largest absolute Gasteiger partial charge is 0.359 e. The minimum atomic E-state index is 0. The van der Waals surface area contributed by atoms with Crippen LogP contribution in [0.4, 0.5) is 0 Å². The Hall–Kier alpha value is -0.530. The first-order valence-electron chi connectivity index (χ1n) is 4.10. The van der Waals surface area contributed by atoms with Crippen LogP contribution in [-0.2, 0) is 4.79 Å². The maximum absolute atomic E-state index is 11.0. The summed E-state index contributed by atoms with van der Waals surface area (Å²) in [4.78, 5) is 11.0. The van der Waals surface area contributed by atoms with E-state index in [1.807, 2.05) is 0 Å². The standard InChI is InChI=1S/C9H19NO.H2/c1-7(2)9(3,4)6-8(11)10-5;/h7H,6H2,1-5H3,(H,10,11);1H. The van der Waals surface area contributed by atoms with Crippen LogP contribution in [0.15, 0.2) is 0 Å². The number of amides is 1. The van der Waals surface area contributed by atoms with Crippen molar-refractivity contribution in [3.8, 4) is 0 Å². The van der Waals surface area contributed by atoms with Crippen molar-refractivity contribution in [3.05, 3.63) is 0 Å². The summed E-state index contributed by atoms with van der Waals surface area (Å²) in [7, 11) is 1.68. The number of carbonyl (C=O) groups excluding carboxylic acids is 1. The summed E-state index contributed by atoms with van der Waals surface area (Å²) in [5.74, 6) is 0.670. The first-order valence-corrected chi connectivity index (χ1v) is 4.10. The summed E-state index contributed by atoms with van der Waals surface area (Å²) in [6.07, 6.45) is 0.612. The van der Waals surface area contributed by atoms with Crippen LogP contribution < -0.4 is 5.32 Å². The highest BCUT2D eigenvalue weighted by atomic mass is 16.1. The number of hydrogen-bond donors (Lipinski definition) is 1. The molecule has 2 heteroatoms. The molecule has 1 N–H and O–H groups in total. The van der Waals surface area contributed by atoms with Gasteiger partial charge in [0.2, 0.25) is 5.91 Å². The van der Waals surface area contributed by atoms with E-state index in [4.69, 9.17) is 0 Å². The molecule has 11 heavy (non-hydrogen) atoms. The van der Waals surface area contributed by atoms with E-state index < -0.39 is 0 Å². The Morgan fingerprint density at radius 2 is 2.00 bits per heavy atom. The molecule has 0 aliphatic rings. The van der Waals surface area contributed by atoms with Gasteiger partial charge in [-0.15, -0.1) is 0 Å². The van der Waals surface area contributed by atoms with Gasteiger partial charge in [0.1, 0.15) is 0 Å². The third-order valence-corrected chi connectivity index (χ3v) is 2.46. The van der Waals surface area contributed by atoms with Gasteiger partial charge < -0.3 is 5.32 Å². The summed E-state index contributed by atoms with van der Waals surface area (Å²) in [5.41, 5.74) is 0.111. The lowest BCUT2D eigenvalue weighted by atomic mass is 9.78. The number of nitrogens with one attached hydrogen (secondary N) is 1. The molecule has 0 fully saturated rings. The van der Waals surface area contributed by atoms with E-state index in [0.29, 0.717) is 12.3 Å². The first-order chi connectivity index (χ1) is 4.90. The summed E-state index contributed by atoms with van der Waals surface area (Å²) in [6.45, 7) is 8.52. The van der Waals surface area contributed by atoms with E-state index in [-0.39, 0.29) is 12.7 Å². The van der Waals surface area contributed by atoms with Crippen molar-refractivity contribution in [3.63, 3.8) is 0 Å². The summed E-state index contributed by atoms with van der Waals surface area (Å²) < 4.78 is 0. The number of rotatable bonds is 3. The molecule has 1 amide bonds. The van der Waals surface area contributed by atoms with Gasteiger partial charge in [-0.2, -0.15) is 0 Å². The molecule has 0 aromatic carbocycles. The molecule has 0 aromatic rings. The Morgan fingerprint density at radius 1 is 1.55 bits per heavy atom. The molecule has 0 radical (unpaired) electrons. The quantitative estimate of drug-likeness (QED) is 0.671.